The highest BCUT2D eigenvalue weighted by Crippen LogP contribution is 2.21. The number of nitrogens with zero attached hydrogens (tertiary/aromatic N) is 1. The van der Waals surface area contributed by atoms with E-state index in [9.17, 15) is 9.59 Å². The number of methoxy groups -OCH3 is 1. The molecule has 0 aliphatic heterocycles. The second kappa shape index (κ2) is 11.9. The highest BCUT2D eigenvalue weighted by atomic mass is 79.9. The van der Waals surface area contributed by atoms with Crippen molar-refractivity contribution in [3.8, 4) is 11.5 Å². The van der Waals surface area contributed by atoms with Crippen LogP contribution in [-0.4, -0.2) is 42.5 Å². The van der Waals surface area contributed by atoms with Gasteiger partial charge in [-0.05, 0) is 61.2 Å². The molecule has 0 radical (unpaired) electrons. The van der Waals surface area contributed by atoms with Crippen LogP contribution in [0.1, 0.15) is 44.6 Å². The molecule has 1 N–H and O–H groups in total. The second-order valence-electron chi connectivity index (χ2n) is 8.03. The van der Waals surface area contributed by atoms with E-state index in [0.29, 0.717) is 18.7 Å². The summed E-state index contributed by atoms with van der Waals surface area (Å²) in [4.78, 5) is 28.0. The summed E-state index contributed by atoms with van der Waals surface area (Å²) in [6.07, 6.45) is 4.80. The van der Waals surface area contributed by atoms with Gasteiger partial charge in [0, 0.05) is 17.1 Å². The number of carbonyl (C=O) groups excluding carboxylic acids is 2. The molecule has 1 fully saturated rings. The molecule has 1 atom stereocenters. The van der Waals surface area contributed by atoms with Crippen LogP contribution in [0, 0.1) is 0 Å². The Labute approximate surface area is 198 Å². The smallest absolute Gasteiger partial charge is 0.261 e. The zero-order valence-corrected chi connectivity index (χ0v) is 20.3. The van der Waals surface area contributed by atoms with Crippen LogP contribution in [0.5, 0.6) is 11.5 Å². The summed E-state index contributed by atoms with van der Waals surface area (Å²) < 4.78 is 11.9. The van der Waals surface area contributed by atoms with E-state index in [0.717, 1.165) is 41.5 Å². The minimum absolute atomic E-state index is 0.0927. The Bertz CT molecular complexity index is 880. The molecule has 0 saturated heterocycles. The van der Waals surface area contributed by atoms with Crippen LogP contribution in [0.3, 0.4) is 0 Å². The predicted molar refractivity (Wildman–Crippen MR) is 128 cm³/mol. The number of hydrogen-bond acceptors (Lipinski definition) is 4. The molecule has 172 valence electrons. The molecule has 2 aromatic carbocycles. The van der Waals surface area contributed by atoms with Gasteiger partial charge in [0.05, 0.1) is 7.11 Å². The first-order chi connectivity index (χ1) is 15.5. The molecule has 0 aromatic heterocycles. The zero-order chi connectivity index (χ0) is 22.9. The molecule has 1 saturated carbocycles. The fourth-order valence-electron chi connectivity index (χ4n) is 3.97. The Hall–Kier alpha value is -2.54. The first kappa shape index (κ1) is 24.1. The normalized spacial score (nSPS) is 14.6. The Morgan fingerprint density at radius 3 is 2.28 bits per heavy atom. The zero-order valence-electron chi connectivity index (χ0n) is 18.7. The third kappa shape index (κ3) is 6.73. The maximum Gasteiger partial charge on any atom is 0.261 e. The Morgan fingerprint density at radius 1 is 1.06 bits per heavy atom. The van der Waals surface area contributed by atoms with E-state index >= 15 is 0 Å². The molecule has 0 heterocycles. The largest absolute Gasteiger partial charge is 0.497 e. The van der Waals surface area contributed by atoms with E-state index < -0.39 is 6.04 Å². The molecule has 0 spiro atoms. The minimum Gasteiger partial charge on any atom is -0.497 e. The van der Waals surface area contributed by atoms with Crippen LogP contribution in [0.4, 0.5) is 0 Å². The fraction of sp³-hybridized carbons (Fsp3) is 0.440. The van der Waals surface area contributed by atoms with Gasteiger partial charge in [0.25, 0.3) is 5.91 Å². The third-order valence-corrected chi connectivity index (χ3v) is 6.30. The average molecular weight is 503 g/mol. The summed E-state index contributed by atoms with van der Waals surface area (Å²) in [5, 5.41) is 3.15. The van der Waals surface area contributed by atoms with Crippen molar-refractivity contribution < 1.29 is 19.1 Å². The Kier molecular flexibility index (Phi) is 8.97. The quantitative estimate of drug-likeness (QED) is 0.511. The molecule has 2 amide bonds. The molecular weight excluding hydrogens is 472 g/mol. The van der Waals surface area contributed by atoms with E-state index in [1.54, 1.807) is 24.1 Å². The maximum atomic E-state index is 13.2. The van der Waals surface area contributed by atoms with Crippen LogP contribution < -0.4 is 14.8 Å². The Morgan fingerprint density at radius 2 is 1.69 bits per heavy atom. The van der Waals surface area contributed by atoms with E-state index in [2.05, 4.69) is 21.2 Å². The number of benzene rings is 2. The summed E-state index contributed by atoms with van der Waals surface area (Å²) in [5.41, 5.74) is 0.926. The molecule has 0 bridgehead atoms. The van der Waals surface area contributed by atoms with Crippen molar-refractivity contribution in [1.29, 1.82) is 0 Å². The summed E-state index contributed by atoms with van der Waals surface area (Å²) in [5.74, 6) is 1.03. The van der Waals surface area contributed by atoms with Crippen molar-refractivity contribution in [1.82, 2.24) is 10.2 Å². The number of halogens is 1. The summed E-state index contributed by atoms with van der Waals surface area (Å²) in [7, 11) is 1.62. The molecule has 3 rings (SSSR count). The van der Waals surface area contributed by atoms with Gasteiger partial charge in [-0.3, -0.25) is 9.59 Å². The van der Waals surface area contributed by atoms with Crippen molar-refractivity contribution in [3.63, 3.8) is 0 Å². The number of carbonyl (C=O) groups is 2. The number of rotatable bonds is 10. The molecule has 1 aliphatic carbocycles. The van der Waals surface area contributed by atoms with Gasteiger partial charge in [-0.2, -0.15) is 0 Å². The molecule has 2 aromatic rings. The SMILES string of the molecule is CCC(C(=O)NC1CCCC1)N(Cc1ccc(OC)cc1)C(=O)COc1ccc(Br)cc1. The topological polar surface area (TPSA) is 67.9 Å². The van der Waals surface area contributed by atoms with Crippen molar-refractivity contribution in [2.24, 2.45) is 0 Å². The average Bonchev–Trinajstić information content (AvgIpc) is 3.31. The van der Waals surface area contributed by atoms with E-state index in [-0.39, 0.29) is 24.5 Å². The van der Waals surface area contributed by atoms with Crippen LogP contribution in [0.2, 0.25) is 0 Å². The van der Waals surface area contributed by atoms with E-state index in [1.807, 2.05) is 43.3 Å². The number of hydrogen-bond donors (Lipinski definition) is 1. The predicted octanol–water partition coefficient (Wildman–Crippen LogP) is 4.70. The van der Waals surface area contributed by atoms with Gasteiger partial charge in [-0.1, -0.05) is 47.8 Å². The van der Waals surface area contributed by atoms with Gasteiger partial charge >= 0.3 is 0 Å². The van der Waals surface area contributed by atoms with Crippen LogP contribution in [-0.2, 0) is 16.1 Å². The standard InChI is InChI=1S/C25H31BrN2O4/c1-3-23(25(30)27-20-6-4-5-7-20)28(16-18-8-12-21(31-2)13-9-18)24(29)17-32-22-14-10-19(26)11-15-22/h8-15,20,23H,3-7,16-17H2,1-2H3,(H,27,30). The molecule has 6 nitrogen and oxygen atoms in total. The molecule has 1 aliphatic rings. The minimum atomic E-state index is -0.557. The lowest BCUT2D eigenvalue weighted by Gasteiger charge is -2.31. The van der Waals surface area contributed by atoms with Crippen molar-refractivity contribution in [3.05, 3.63) is 58.6 Å². The number of nitrogens with one attached hydrogen (secondary N) is 1. The molecule has 32 heavy (non-hydrogen) atoms. The summed E-state index contributed by atoms with van der Waals surface area (Å²) in [6, 6.07) is 14.5. The van der Waals surface area contributed by atoms with E-state index in [4.69, 9.17) is 9.47 Å². The molecule has 1 unspecified atom stereocenters. The first-order valence-electron chi connectivity index (χ1n) is 11.1. The lowest BCUT2D eigenvalue weighted by atomic mass is 10.1. The van der Waals surface area contributed by atoms with Gasteiger partial charge in [-0.25, -0.2) is 0 Å². The summed E-state index contributed by atoms with van der Waals surface area (Å²) >= 11 is 3.39. The van der Waals surface area contributed by atoms with Crippen molar-refractivity contribution in [2.75, 3.05) is 13.7 Å². The lowest BCUT2D eigenvalue weighted by molar-refractivity contribution is -0.143. The third-order valence-electron chi connectivity index (χ3n) is 5.78. The first-order valence-corrected chi connectivity index (χ1v) is 11.9. The lowest BCUT2D eigenvalue weighted by Crippen LogP contribution is -2.52. The maximum absolute atomic E-state index is 13.2. The van der Waals surface area contributed by atoms with Crippen molar-refractivity contribution >= 4 is 27.7 Å². The highest BCUT2D eigenvalue weighted by molar-refractivity contribution is 9.10. The summed E-state index contributed by atoms with van der Waals surface area (Å²) in [6.45, 7) is 2.12. The van der Waals surface area contributed by atoms with Crippen molar-refractivity contribution in [2.45, 2.75) is 57.7 Å². The fourth-order valence-corrected chi connectivity index (χ4v) is 4.24. The van der Waals surface area contributed by atoms with Crippen LogP contribution >= 0.6 is 15.9 Å². The number of ether oxygens (including phenoxy) is 2. The molecule has 7 heteroatoms. The van der Waals surface area contributed by atoms with Gasteiger partial charge < -0.3 is 19.7 Å². The van der Waals surface area contributed by atoms with E-state index in [1.165, 1.54) is 0 Å². The van der Waals surface area contributed by atoms with Gasteiger partial charge in [0.1, 0.15) is 17.5 Å². The highest BCUT2D eigenvalue weighted by Gasteiger charge is 2.30. The Balaban J connectivity index is 1.74. The van der Waals surface area contributed by atoms with Gasteiger partial charge in [0.2, 0.25) is 5.91 Å². The monoisotopic (exact) mass is 502 g/mol. The second-order valence-corrected chi connectivity index (χ2v) is 8.94. The van der Waals surface area contributed by atoms with Crippen LogP contribution in [0.15, 0.2) is 53.0 Å². The van der Waals surface area contributed by atoms with Gasteiger partial charge in [0.15, 0.2) is 6.61 Å². The van der Waals surface area contributed by atoms with Crippen LogP contribution in [0.25, 0.3) is 0 Å². The van der Waals surface area contributed by atoms with Gasteiger partial charge in [-0.15, -0.1) is 0 Å². The molecular formula is C25H31BrN2O4. The number of amides is 2.